The van der Waals surface area contributed by atoms with Crippen LogP contribution in [0.4, 0.5) is 4.39 Å². The van der Waals surface area contributed by atoms with Crippen LogP contribution in [0.3, 0.4) is 0 Å². The molecule has 0 unspecified atom stereocenters. The lowest BCUT2D eigenvalue weighted by atomic mass is 10.1. The van der Waals surface area contributed by atoms with Gasteiger partial charge in [-0.3, -0.25) is 4.79 Å². The van der Waals surface area contributed by atoms with Crippen molar-refractivity contribution < 1.29 is 13.9 Å². The molecule has 4 aromatic rings. The van der Waals surface area contributed by atoms with E-state index in [1.165, 1.54) is 12.1 Å². The number of nitrogens with zero attached hydrogens (tertiary/aromatic N) is 2. The van der Waals surface area contributed by atoms with Gasteiger partial charge in [-0.05, 0) is 55.3 Å². The summed E-state index contributed by atoms with van der Waals surface area (Å²) in [5.74, 6) is 0.535. The van der Waals surface area contributed by atoms with Crippen LogP contribution in [0.25, 0.3) is 11.0 Å². The van der Waals surface area contributed by atoms with Crippen LogP contribution in [0.5, 0.6) is 5.75 Å². The molecule has 4 rings (SSSR count). The minimum absolute atomic E-state index is 0.0171. The molecule has 1 aromatic heterocycles. The zero-order valence-corrected chi connectivity index (χ0v) is 17.6. The maximum atomic E-state index is 13.9. The molecule has 6 heteroatoms. The van der Waals surface area contributed by atoms with Gasteiger partial charge in [-0.1, -0.05) is 36.4 Å². The van der Waals surface area contributed by atoms with Crippen molar-refractivity contribution >= 4 is 16.9 Å². The number of aryl methyl sites for hydroxylation is 2. The van der Waals surface area contributed by atoms with Gasteiger partial charge in [-0.15, -0.1) is 0 Å². The summed E-state index contributed by atoms with van der Waals surface area (Å²) in [6.45, 7) is 5.26. The largest absolute Gasteiger partial charge is 0.491 e. The van der Waals surface area contributed by atoms with Gasteiger partial charge in [0.25, 0.3) is 5.91 Å². The molecular formula is C25H24FN3O2. The quantitative estimate of drug-likeness (QED) is 0.470. The van der Waals surface area contributed by atoms with Crippen LogP contribution in [-0.4, -0.2) is 22.1 Å². The summed E-state index contributed by atoms with van der Waals surface area (Å²) in [5.41, 5.74) is 4.04. The number of hydrogen-bond donors (Lipinski definition) is 1. The van der Waals surface area contributed by atoms with Gasteiger partial charge in [0.2, 0.25) is 0 Å². The van der Waals surface area contributed by atoms with Gasteiger partial charge >= 0.3 is 0 Å². The molecule has 5 nitrogen and oxygen atoms in total. The van der Waals surface area contributed by atoms with Gasteiger partial charge in [0.05, 0.1) is 29.7 Å². The number of para-hydroxylation sites is 2. The number of carbonyl (C=O) groups excluding carboxylic acids is 1. The fraction of sp³-hybridized carbons (Fsp3) is 0.200. The summed E-state index contributed by atoms with van der Waals surface area (Å²) < 4.78 is 22.0. The number of ether oxygens (including phenoxy) is 1. The second-order valence-corrected chi connectivity index (χ2v) is 7.45. The average Bonchev–Trinajstić information content (AvgIpc) is 3.12. The summed E-state index contributed by atoms with van der Waals surface area (Å²) in [6.07, 6.45) is 0. The van der Waals surface area contributed by atoms with Crippen molar-refractivity contribution in [2.24, 2.45) is 0 Å². The number of rotatable bonds is 7. The van der Waals surface area contributed by atoms with E-state index >= 15 is 0 Å². The van der Waals surface area contributed by atoms with Crippen molar-refractivity contribution in [2.75, 3.05) is 6.61 Å². The molecule has 0 aliphatic carbocycles. The molecule has 0 aliphatic rings. The first-order valence-corrected chi connectivity index (χ1v) is 10.2. The van der Waals surface area contributed by atoms with Crippen LogP contribution >= 0.6 is 0 Å². The number of aromatic nitrogens is 2. The highest BCUT2D eigenvalue weighted by molar-refractivity contribution is 5.94. The second kappa shape index (κ2) is 9.00. The Balaban J connectivity index is 1.51. The Morgan fingerprint density at radius 2 is 1.84 bits per heavy atom. The molecule has 0 saturated heterocycles. The highest BCUT2D eigenvalue weighted by Gasteiger charge is 2.14. The van der Waals surface area contributed by atoms with Gasteiger partial charge in [0.1, 0.15) is 24.0 Å². The third kappa shape index (κ3) is 4.58. The summed E-state index contributed by atoms with van der Waals surface area (Å²) in [5, 5.41) is 2.78. The molecule has 0 bridgehead atoms. The maximum Gasteiger partial charge on any atom is 0.254 e. The number of carbonyl (C=O) groups is 1. The van der Waals surface area contributed by atoms with Crippen molar-refractivity contribution in [2.45, 2.75) is 26.9 Å². The van der Waals surface area contributed by atoms with Gasteiger partial charge in [0, 0.05) is 0 Å². The highest BCUT2D eigenvalue weighted by atomic mass is 19.1. The van der Waals surface area contributed by atoms with Crippen molar-refractivity contribution in [1.82, 2.24) is 14.9 Å². The zero-order chi connectivity index (χ0) is 21.8. The lowest BCUT2D eigenvalue weighted by Gasteiger charge is -2.13. The Kier molecular flexibility index (Phi) is 5.98. The molecule has 0 aliphatic heterocycles. The minimum Gasteiger partial charge on any atom is -0.491 e. The van der Waals surface area contributed by atoms with Gasteiger partial charge in [0.15, 0.2) is 0 Å². The molecule has 3 aromatic carbocycles. The van der Waals surface area contributed by atoms with Crippen molar-refractivity contribution in [3.05, 3.63) is 95.1 Å². The lowest BCUT2D eigenvalue weighted by Crippen LogP contribution is -2.26. The first-order valence-electron chi connectivity index (χ1n) is 10.2. The van der Waals surface area contributed by atoms with Crippen molar-refractivity contribution in [3.8, 4) is 5.75 Å². The van der Waals surface area contributed by atoms with Gasteiger partial charge in [-0.2, -0.15) is 0 Å². The smallest absolute Gasteiger partial charge is 0.254 e. The minimum atomic E-state index is -0.546. The molecular weight excluding hydrogens is 393 g/mol. The molecule has 1 heterocycles. The molecule has 0 atom stereocenters. The van der Waals surface area contributed by atoms with Gasteiger partial charge < -0.3 is 14.6 Å². The highest BCUT2D eigenvalue weighted by Crippen LogP contribution is 2.20. The standard InChI is InChI=1S/C25H24FN3O2/c1-17-11-12-18(2)23(15-17)31-14-13-29-22-10-6-5-9-21(22)28-24(29)16-27-25(30)19-7-3-4-8-20(19)26/h3-12,15H,13-14,16H2,1-2H3,(H,27,30). The summed E-state index contributed by atoms with van der Waals surface area (Å²) in [4.78, 5) is 17.1. The van der Waals surface area contributed by atoms with E-state index in [9.17, 15) is 9.18 Å². The topological polar surface area (TPSA) is 56.1 Å². The number of fused-ring (bicyclic) bond motifs is 1. The third-order valence-corrected chi connectivity index (χ3v) is 5.18. The number of amides is 1. The van der Waals surface area contributed by atoms with E-state index in [2.05, 4.69) is 16.4 Å². The van der Waals surface area contributed by atoms with Crippen LogP contribution in [0.1, 0.15) is 27.3 Å². The second-order valence-electron chi connectivity index (χ2n) is 7.45. The number of benzene rings is 3. The van der Waals surface area contributed by atoms with E-state index in [4.69, 9.17) is 4.74 Å². The average molecular weight is 417 g/mol. The SMILES string of the molecule is Cc1ccc(C)c(OCCn2c(CNC(=O)c3ccccc3F)nc3ccccc32)c1. The predicted molar refractivity (Wildman–Crippen MR) is 119 cm³/mol. The van der Waals surface area contributed by atoms with Gasteiger partial charge in [-0.25, -0.2) is 9.37 Å². The first-order chi connectivity index (χ1) is 15.0. The lowest BCUT2D eigenvalue weighted by molar-refractivity contribution is 0.0945. The monoisotopic (exact) mass is 417 g/mol. The molecule has 158 valence electrons. The van der Waals surface area contributed by atoms with Crippen LogP contribution < -0.4 is 10.1 Å². The van der Waals surface area contributed by atoms with E-state index in [-0.39, 0.29) is 12.1 Å². The molecule has 1 N–H and O–H groups in total. The number of nitrogens with one attached hydrogen (secondary N) is 1. The Hall–Kier alpha value is -3.67. The van der Waals surface area contributed by atoms with E-state index < -0.39 is 11.7 Å². The fourth-order valence-electron chi connectivity index (χ4n) is 3.52. The molecule has 0 fully saturated rings. The van der Waals surface area contributed by atoms with Crippen LogP contribution in [0.15, 0.2) is 66.7 Å². The Bertz CT molecular complexity index is 1230. The molecule has 1 amide bonds. The van der Waals surface area contributed by atoms with E-state index in [0.29, 0.717) is 19.0 Å². The summed E-state index contributed by atoms with van der Waals surface area (Å²) >= 11 is 0. The normalized spacial score (nSPS) is 10.9. The molecule has 0 saturated carbocycles. The Labute approximate surface area is 180 Å². The number of halogens is 1. The Morgan fingerprint density at radius 3 is 2.68 bits per heavy atom. The summed E-state index contributed by atoms with van der Waals surface area (Å²) in [7, 11) is 0. The van der Waals surface area contributed by atoms with Crippen LogP contribution in [0, 0.1) is 19.7 Å². The van der Waals surface area contributed by atoms with Crippen molar-refractivity contribution in [3.63, 3.8) is 0 Å². The third-order valence-electron chi connectivity index (χ3n) is 5.18. The van der Waals surface area contributed by atoms with E-state index in [1.54, 1.807) is 12.1 Å². The van der Waals surface area contributed by atoms with Crippen LogP contribution in [0.2, 0.25) is 0 Å². The molecule has 0 spiro atoms. The Morgan fingerprint density at radius 1 is 1.06 bits per heavy atom. The summed E-state index contributed by atoms with van der Waals surface area (Å²) in [6, 6.07) is 19.9. The van der Waals surface area contributed by atoms with E-state index in [1.807, 2.05) is 54.8 Å². The molecule has 0 radical (unpaired) electrons. The number of hydrogen-bond acceptors (Lipinski definition) is 3. The fourth-order valence-corrected chi connectivity index (χ4v) is 3.52. The van der Waals surface area contributed by atoms with E-state index in [0.717, 1.165) is 27.9 Å². The van der Waals surface area contributed by atoms with Crippen molar-refractivity contribution in [1.29, 1.82) is 0 Å². The zero-order valence-electron chi connectivity index (χ0n) is 17.6. The maximum absolute atomic E-state index is 13.9. The predicted octanol–water partition coefficient (Wildman–Crippen LogP) is 4.80. The number of imidazole rings is 1. The van der Waals surface area contributed by atoms with Crippen LogP contribution in [-0.2, 0) is 13.1 Å². The first kappa shape index (κ1) is 20.6. The molecule has 31 heavy (non-hydrogen) atoms.